The summed E-state index contributed by atoms with van der Waals surface area (Å²) in [5, 5.41) is 19.3. The molecule has 2 unspecified atom stereocenters. The fourth-order valence-electron chi connectivity index (χ4n) is 3.09. The summed E-state index contributed by atoms with van der Waals surface area (Å²) in [6.45, 7) is 0.955. The van der Waals surface area contributed by atoms with Gasteiger partial charge in [0.2, 0.25) is 0 Å². The van der Waals surface area contributed by atoms with Crippen LogP contribution in [0.3, 0.4) is 0 Å². The first-order valence-corrected chi connectivity index (χ1v) is 8.38. The van der Waals surface area contributed by atoms with Crippen molar-refractivity contribution in [1.82, 2.24) is 25.4 Å². The Hall–Kier alpha value is -2.41. The van der Waals surface area contributed by atoms with Crippen molar-refractivity contribution in [3.63, 3.8) is 0 Å². The van der Waals surface area contributed by atoms with Crippen LogP contribution in [0.25, 0.3) is 0 Å². The lowest BCUT2D eigenvalue weighted by molar-refractivity contribution is 0.225. The Bertz CT molecular complexity index is 658. The molecule has 2 amide bonds. The minimum absolute atomic E-state index is 0.109. The van der Waals surface area contributed by atoms with E-state index in [2.05, 4.69) is 20.7 Å². The maximum atomic E-state index is 12.4. The summed E-state index contributed by atoms with van der Waals surface area (Å²) in [6, 6.07) is 9.36. The third-order valence-electron chi connectivity index (χ3n) is 4.28. The van der Waals surface area contributed by atoms with E-state index in [4.69, 9.17) is 5.11 Å². The molecule has 1 aromatic carbocycles. The number of aromatic nitrogens is 3. The largest absolute Gasteiger partial charge is 0.396 e. The van der Waals surface area contributed by atoms with Crippen LogP contribution in [-0.4, -0.2) is 32.5 Å². The molecular weight excluding hydrogens is 306 g/mol. The number of nitrogens with one attached hydrogen (secondary N) is 2. The Labute approximate surface area is 141 Å². The highest BCUT2D eigenvalue weighted by Gasteiger charge is 2.25. The first kappa shape index (κ1) is 16.4. The molecule has 0 radical (unpaired) electrons. The molecule has 1 aliphatic rings. The van der Waals surface area contributed by atoms with Crippen LogP contribution in [0.2, 0.25) is 0 Å². The van der Waals surface area contributed by atoms with Crippen LogP contribution < -0.4 is 10.6 Å². The van der Waals surface area contributed by atoms with Crippen LogP contribution in [-0.2, 0) is 6.54 Å². The Morgan fingerprint density at radius 3 is 3.00 bits per heavy atom. The molecule has 1 aliphatic heterocycles. The second kappa shape index (κ2) is 7.92. The number of hydrogen-bond acceptors (Lipinski definition) is 4. The number of nitrogens with zero attached hydrogens (tertiary/aromatic N) is 3. The zero-order valence-corrected chi connectivity index (χ0v) is 13.6. The molecule has 1 aromatic heterocycles. The average Bonchev–Trinajstić information content (AvgIpc) is 3.09. The molecule has 0 saturated heterocycles. The van der Waals surface area contributed by atoms with Crippen molar-refractivity contribution in [2.45, 2.75) is 44.3 Å². The molecule has 3 N–H and O–H groups in total. The highest BCUT2D eigenvalue weighted by Crippen LogP contribution is 2.23. The average molecular weight is 329 g/mol. The van der Waals surface area contributed by atoms with E-state index in [0.29, 0.717) is 12.8 Å². The Morgan fingerprint density at radius 2 is 2.21 bits per heavy atom. The molecule has 2 aromatic rings. The molecule has 128 valence electrons. The van der Waals surface area contributed by atoms with Crippen molar-refractivity contribution in [2.75, 3.05) is 6.61 Å². The number of amides is 2. The first-order valence-electron chi connectivity index (χ1n) is 8.38. The van der Waals surface area contributed by atoms with Crippen molar-refractivity contribution in [3.05, 3.63) is 48.0 Å². The number of aliphatic hydroxyl groups excluding tert-OH is 1. The molecule has 7 nitrogen and oxygen atoms in total. The quantitative estimate of drug-likeness (QED) is 0.755. The number of rotatable bonds is 6. The van der Waals surface area contributed by atoms with Crippen molar-refractivity contribution in [3.8, 4) is 0 Å². The third kappa shape index (κ3) is 3.91. The van der Waals surface area contributed by atoms with Crippen LogP contribution in [0.15, 0.2) is 36.7 Å². The number of benzene rings is 1. The van der Waals surface area contributed by atoms with Crippen molar-refractivity contribution >= 4 is 6.03 Å². The predicted octanol–water partition coefficient (Wildman–Crippen LogP) is 1.93. The standard InChI is InChI=1S/C17H23N5O2/c23-11-5-9-14(13-6-2-1-3-7-13)20-17(24)21-15-8-4-10-22-16(15)18-12-19-22/h1-3,6-7,12,14-15,23H,4-5,8-11H2,(H2,20,21,24). The van der Waals surface area contributed by atoms with Crippen molar-refractivity contribution < 1.29 is 9.90 Å². The number of carbonyl (C=O) groups is 1. The molecule has 2 atom stereocenters. The summed E-state index contributed by atoms with van der Waals surface area (Å²) >= 11 is 0. The van der Waals surface area contributed by atoms with Gasteiger partial charge in [0.05, 0.1) is 12.1 Å². The van der Waals surface area contributed by atoms with Gasteiger partial charge in [0.15, 0.2) is 0 Å². The zero-order chi connectivity index (χ0) is 16.8. The van der Waals surface area contributed by atoms with Gasteiger partial charge in [0.25, 0.3) is 0 Å². The number of carbonyl (C=O) groups excluding carboxylic acids is 1. The number of aryl methyl sites for hydroxylation is 1. The molecule has 24 heavy (non-hydrogen) atoms. The van der Waals surface area contributed by atoms with Gasteiger partial charge in [0, 0.05) is 13.2 Å². The lowest BCUT2D eigenvalue weighted by Gasteiger charge is -2.25. The second-order valence-corrected chi connectivity index (χ2v) is 5.98. The lowest BCUT2D eigenvalue weighted by Crippen LogP contribution is -2.41. The fraction of sp³-hybridized carbons (Fsp3) is 0.471. The Morgan fingerprint density at radius 1 is 1.38 bits per heavy atom. The molecule has 0 saturated carbocycles. The normalized spacial score (nSPS) is 17.8. The van der Waals surface area contributed by atoms with E-state index >= 15 is 0 Å². The number of aliphatic hydroxyl groups is 1. The van der Waals surface area contributed by atoms with Crippen LogP contribution >= 0.6 is 0 Å². The van der Waals surface area contributed by atoms with E-state index in [-0.39, 0.29) is 24.7 Å². The van der Waals surface area contributed by atoms with Crippen molar-refractivity contribution in [2.24, 2.45) is 0 Å². The van der Waals surface area contributed by atoms with Gasteiger partial charge in [0.1, 0.15) is 12.2 Å². The van der Waals surface area contributed by atoms with E-state index in [1.165, 1.54) is 6.33 Å². The van der Waals surface area contributed by atoms with E-state index in [0.717, 1.165) is 30.8 Å². The monoisotopic (exact) mass is 329 g/mol. The van der Waals surface area contributed by atoms with Gasteiger partial charge in [-0.3, -0.25) is 0 Å². The number of hydrogen-bond donors (Lipinski definition) is 3. The van der Waals surface area contributed by atoms with Gasteiger partial charge in [-0.25, -0.2) is 14.5 Å². The highest BCUT2D eigenvalue weighted by molar-refractivity contribution is 5.74. The molecule has 0 fully saturated rings. The van der Waals surface area contributed by atoms with Gasteiger partial charge in [-0.1, -0.05) is 30.3 Å². The van der Waals surface area contributed by atoms with E-state index in [9.17, 15) is 4.79 Å². The molecule has 7 heteroatoms. The van der Waals surface area contributed by atoms with E-state index in [1.54, 1.807) is 0 Å². The van der Waals surface area contributed by atoms with Crippen molar-refractivity contribution in [1.29, 1.82) is 0 Å². The maximum Gasteiger partial charge on any atom is 0.315 e. The summed E-state index contributed by atoms with van der Waals surface area (Å²) in [5.74, 6) is 0.808. The zero-order valence-electron chi connectivity index (χ0n) is 13.6. The fourth-order valence-corrected chi connectivity index (χ4v) is 3.09. The summed E-state index contributed by atoms with van der Waals surface area (Å²) in [4.78, 5) is 16.7. The number of fused-ring (bicyclic) bond motifs is 1. The molecule has 3 rings (SSSR count). The van der Waals surface area contributed by atoms with Gasteiger partial charge < -0.3 is 15.7 Å². The molecule has 0 bridgehead atoms. The lowest BCUT2D eigenvalue weighted by atomic mass is 10.0. The van der Waals surface area contributed by atoms with Crippen LogP contribution in [0.1, 0.15) is 49.2 Å². The van der Waals surface area contributed by atoms with Crippen LogP contribution in [0.4, 0.5) is 4.79 Å². The second-order valence-electron chi connectivity index (χ2n) is 5.98. The number of urea groups is 1. The summed E-state index contributed by atoms with van der Waals surface area (Å²) in [5.41, 5.74) is 1.04. The minimum atomic E-state index is -0.219. The Kier molecular flexibility index (Phi) is 5.43. The summed E-state index contributed by atoms with van der Waals surface area (Å²) < 4.78 is 1.84. The van der Waals surface area contributed by atoms with Gasteiger partial charge in [-0.2, -0.15) is 5.10 Å². The predicted molar refractivity (Wildman–Crippen MR) is 89.2 cm³/mol. The SMILES string of the molecule is O=C(NC(CCCO)c1ccccc1)NC1CCCn2ncnc21. The third-order valence-corrected chi connectivity index (χ3v) is 4.28. The molecule has 0 spiro atoms. The smallest absolute Gasteiger partial charge is 0.315 e. The van der Waals surface area contributed by atoms with E-state index < -0.39 is 0 Å². The maximum absolute atomic E-state index is 12.4. The van der Waals surface area contributed by atoms with Gasteiger partial charge >= 0.3 is 6.03 Å². The molecule has 0 aliphatic carbocycles. The molecule has 2 heterocycles. The van der Waals surface area contributed by atoms with Gasteiger partial charge in [-0.05, 0) is 31.2 Å². The molecular formula is C17H23N5O2. The first-order chi connectivity index (χ1) is 11.8. The minimum Gasteiger partial charge on any atom is -0.396 e. The van der Waals surface area contributed by atoms with Gasteiger partial charge in [-0.15, -0.1) is 0 Å². The van der Waals surface area contributed by atoms with Crippen LogP contribution in [0.5, 0.6) is 0 Å². The highest BCUT2D eigenvalue weighted by atomic mass is 16.3. The topological polar surface area (TPSA) is 92.1 Å². The Balaban J connectivity index is 1.64. The summed E-state index contributed by atoms with van der Waals surface area (Å²) in [6.07, 6.45) is 4.68. The van der Waals surface area contributed by atoms with E-state index in [1.807, 2.05) is 35.0 Å². The summed E-state index contributed by atoms with van der Waals surface area (Å²) in [7, 11) is 0. The van der Waals surface area contributed by atoms with Crippen LogP contribution in [0, 0.1) is 0 Å².